The van der Waals surface area contributed by atoms with Gasteiger partial charge in [-0.2, -0.15) is 0 Å². The molecule has 1 atom stereocenters. The van der Waals surface area contributed by atoms with E-state index in [1.54, 1.807) is 56.6 Å². The van der Waals surface area contributed by atoms with Crippen molar-refractivity contribution in [2.75, 3.05) is 14.1 Å². The topological polar surface area (TPSA) is 46.6 Å². The van der Waals surface area contributed by atoms with Crippen LogP contribution in [0.3, 0.4) is 0 Å². The molecular formula is C19H17Cl2NO3. The van der Waals surface area contributed by atoms with E-state index in [1.165, 1.54) is 17.1 Å². The van der Waals surface area contributed by atoms with Crippen molar-refractivity contribution < 1.29 is 14.3 Å². The molecule has 0 spiro atoms. The second kappa shape index (κ2) is 8.70. The standard InChI is InChI=1S/C19H17Cl2NO3/c1-22(2)19(24)18(14-7-4-3-5-8-14)25-16(23)12-11-13-9-6-10-15(20)17(13)21/h3-12,18H,1-2H3/b12-11+. The van der Waals surface area contributed by atoms with E-state index in [0.717, 1.165) is 0 Å². The largest absolute Gasteiger partial charge is 0.444 e. The Hall–Kier alpha value is -2.30. The van der Waals surface area contributed by atoms with E-state index in [4.69, 9.17) is 27.9 Å². The minimum Gasteiger partial charge on any atom is -0.444 e. The lowest BCUT2D eigenvalue weighted by Crippen LogP contribution is -2.30. The van der Waals surface area contributed by atoms with Gasteiger partial charge in [-0.15, -0.1) is 0 Å². The van der Waals surface area contributed by atoms with Crippen molar-refractivity contribution in [3.63, 3.8) is 0 Å². The Kier molecular flexibility index (Phi) is 6.62. The molecule has 0 heterocycles. The van der Waals surface area contributed by atoms with Gasteiger partial charge in [0.1, 0.15) is 0 Å². The van der Waals surface area contributed by atoms with Gasteiger partial charge in [0.15, 0.2) is 0 Å². The first kappa shape index (κ1) is 19.0. The first-order valence-corrected chi connectivity index (χ1v) is 8.24. The summed E-state index contributed by atoms with van der Waals surface area (Å²) in [5, 5.41) is 0.735. The van der Waals surface area contributed by atoms with Gasteiger partial charge >= 0.3 is 5.97 Å². The first-order chi connectivity index (χ1) is 11.9. The number of benzene rings is 2. The maximum Gasteiger partial charge on any atom is 0.331 e. The van der Waals surface area contributed by atoms with Gasteiger partial charge in [-0.1, -0.05) is 65.7 Å². The molecule has 0 saturated carbocycles. The van der Waals surface area contributed by atoms with Crippen LogP contribution in [0.15, 0.2) is 54.6 Å². The molecule has 0 fully saturated rings. The van der Waals surface area contributed by atoms with Gasteiger partial charge in [0, 0.05) is 25.7 Å². The van der Waals surface area contributed by atoms with Crippen LogP contribution in [0, 0.1) is 0 Å². The third kappa shape index (κ3) is 5.08. The normalized spacial score (nSPS) is 12.0. The molecule has 4 nitrogen and oxygen atoms in total. The van der Waals surface area contributed by atoms with Gasteiger partial charge in [-0.05, 0) is 17.7 Å². The first-order valence-electron chi connectivity index (χ1n) is 7.49. The molecule has 0 aliphatic carbocycles. The second-order valence-corrected chi connectivity index (χ2v) is 6.22. The van der Waals surface area contributed by atoms with E-state index in [2.05, 4.69) is 0 Å². The van der Waals surface area contributed by atoms with Gasteiger partial charge in [-0.25, -0.2) is 4.79 Å². The quantitative estimate of drug-likeness (QED) is 0.573. The molecule has 1 amide bonds. The van der Waals surface area contributed by atoms with E-state index < -0.39 is 12.1 Å². The van der Waals surface area contributed by atoms with E-state index in [0.29, 0.717) is 21.2 Å². The van der Waals surface area contributed by atoms with E-state index in [-0.39, 0.29) is 5.91 Å². The summed E-state index contributed by atoms with van der Waals surface area (Å²) in [6.07, 6.45) is 1.71. The van der Waals surface area contributed by atoms with Gasteiger partial charge in [0.05, 0.1) is 10.0 Å². The van der Waals surface area contributed by atoms with Gasteiger partial charge in [0.2, 0.25) is 6.10 Å². The molecule has 130 valence electrons. The molecule has 0 N–H and O–H groups in total. The fourth-order valence-corrected chi connectivity index (χ4v) is 2.46. The predicted molar refractivity (Wildman–Crippen MR) is 99.5 cm³/mol. The molecule has 2 aromatic rings. The summed E-state index contributed by atoms with van der Waals surface area (Å²) in [5.74, 6) is -0.978. The van der Waals surface area contributed by atoms with Gasteiger partial charge in [-0.3, -0.25) is 4.79 Å². The van der Waals surface area contributed by atoms with Crippen molar-refractivity contribution in [2.45, 2.75) is 6.10 Å². The zero-order valence-electron chi connectivity index (χ0n) is 13.8. The Bertz CT molecular complexity index is 789. The number of ether oxygens (including phenoxy) is 1. The molecule has 0 aromatic heterocycles. The summed E-state index contributed by atoms with van der Waals surface area (Å²) in [4.78, 5) is 25.9. The Morgan fingerprint density at radius 1 is 1.04 bits per heavy atom. The van der Waals surface area contributed by atoms with E-state index >= 15 is 0 Å². The fourth-order valence-electron chi connectivity index (χ4n) is 2.09. The average molecular weight is 378 g/mol. The van der Waals surface area contributed by atoms with Crippen molar-refractivity contribution in [3.8, 4) is 0 Å². The van der Waals surface area contributed by atoms with E-state index in [1.807, 2.05) is 6.07 Å². The number of rotatable bonds is 5. The monoisotopic (exact) mass is 377 g/mol. The van der Waals surface area contributed by atoms with Crippen LogP contribution in [0.5, 0.6) is 0 Å². The molecule has 0 aliphatic heterocycles. The Balaban J connectivity index is 2.18. The summed E-state index contributed by atoms with van der Waals surface area (Å²) >= 11 is 12.0. The van der Waals surface area contributed by atoms with Crippen molar-refractivity contribution in [1.82, 2.24) is 4.90 Å². The van der Waals surface area contributed by atoms with Crippen molar-refractivity contribution in [2.24, 2.45) is 0 Å². The lowest BCUT2D eigenvalue weighted by Gasteiger charge is -2.20. The third-order valence-electron chi connectivity index (χ3n) is 3.38. The smallest absolute Gasteiger partial charge is 0.331 e. The lowest BCUT2D eigenvalue weighted by atomic mass is 10.1. The number of likely N-dealkylation sites (N-methyl/N-ethyl adjacent to an activating group) is 1. The number of hydrogen-bond donors (Lipinski definition) is 0. The Labute approximate surface area is 156 Å². The van der Waals surface area contributed by atoms with Crippen LogP contribution >= 0.6 is 23.2 Å². The SMILES string of the molecule is CN(C)C(=O)C(OC(=O)/C=C/c1cccc(Cl)c1Cl)c1ccccc1. The van der Waals surface area contributed by atoms with Crippen LogP contribution in [0.4, 0.5) is 0 Å². The maximum atomic E-state index is 12.3. The summed E-state index contributed by atoms with van der Waals surface area (Å²) in [7, 11) is 3.21. The highest BCUT2D eigenvalue weighted by atomic mass is 35.5. The van der Waals surface area contributed by atoms with Crippen molar-refractivity contribution in [1.29, 1.82) is 0 Å². The van der Waals surface area contributed by atoms with Crippen LogP contribution in [-0.4, -0.2) is 30.9 Å². The Morgan fingerprint density at radius 3 is 2.36 bits per heavy atom. The van der Waals surface area contributed by atoms with E-state index in [9.17, 15) is 9.59 Å². The van der Waals surface area contributed by atoms with Crippen LogP contribution in [0.25, 0.3) is 6.08 Å². The van der Waals surface area contributed by atoms with Crippen molar-refractivity contribution >= 4 is 41.2 Å². The lowest BCUT2D eigenvalue weighted by molar-refractivity contribution is -0.155. The Morgan fingerprint density at radius 2 is 1.72 bits per heavy atom. The van der Waals surface area contributed by atoms with Crippen LogP contribution in [0.1, 0.15) is 17.2 Å². The number of esters is 1. The molecule has 1 unspecified atom stereocenters. The molecular weight excluding hydrogens is 361 g/mol. The molecule has 0 saturated heterocycles. The molecule has 0 radical (unpaired) electrons. The highest BCUT2D eigenvalue weighted by Gasteiger charge is 2.25. The molecule has 0 bridgehead atoms. The predicted octanol–water partition coefficient (Wildman–Crippen LogP) is 4.38. The van der Waals surface area contributed by atoms with Crippen LogP contribution < -0.4 is 0 Å². The fraction of sp³-hybridized carbons (Fsp3) is 0.158. The van der Waals surface area contributed by atoms with Crippen LogP contribution in [0.2, 0.25) is 10.0 Å². The highest BCUT2D eigenvalue weighted by Crippen LogP contribution is 2.26. The van der Waals surface area contributed by atoms with Gasteiger partial charge < -0.3 is 9.64 Å². The number of hydrogen-bond acceptors (Lipinski definition) is 3. The average Bonchev–Trinajstić information content (AvgIpc) is 2.61. The number of carbonyl (C=O) groups is 2. The molecule has 6 heteroatoms. The minimum absolute atomic E-state index is 0.325. The number of carbonyl (C=O) groups excluding carboxylic acids is 2. The number of halogens is 2. The number of amides is 1. The minimum atomic E-state index is -1.01. The van der Waals surface area contributed by atoms with Crippen molar-refractivity contribution in [3.05, 3.63) is 75.8 Å². The number of nitrogens with zero attached hydrogens (tertiary/aromatic N) is 1. The molecule has 2 rings (SSSR count). The highest BCUT2D eigenvalue weighted by molar-refractivity contribution is 6.42. The molecule has 25 heavy (non-hydrogen) atoms. The molecule has 0 aliphatic rings. The summed E-state index contributed by atoms with van der Waals surface area (Å²) in [6.45, 7) is 0. The third-order valence-corrected chi connectivity index (χ3v) is 4.22. The summed E-state index contributed by atoms with van der Waals surface area (Å²) < 4.78 is 5.36. The zero-order valence-corrected chi connectivity index (χ0v) is 15.3. The molecule has 2 aromatic carbocycles. The second-order valence-electron chi connectivity index (χ2n) is 5.44. The summed E-state index contributed by atoms with van der Waals surface area (Å²) in [5.41, 5.74) is 1.19. The van der Waals surface area contributed by atoms with Gasteiger partial charge in [0.25, 0.3) is 5.91 Å². The summed E-state index contributed by atoms with van der Waals surface area (Å²) in [6, 6.07) is 13.9. The zero-order chi connectivity index (χ0) is 18.4. The maximum absolute atomic E-state index is 12.3. The van der Waals surface area contributed by atoms with Crippen LogP contribution in [-0.2, 0) is 14.3 Å².